The van der Waals surface area contributed by atoms with E-state index in [2.05, 4.69) is 0 Å². The largest absolute Gasteiger partial charge is 0.508 e. The van der Waals surface area contributed by atoms with Gasteiger partial charge in [-0.1, -0.05) is 26.0 Å². The Morgan fingerprint density at radius 1 is 1.21 bits per heavy atom. The third-order valence-corrected chi connectivity index (χ3v) is 3.23. The number of phenolic OH excluding ortho intramolecular Hbond substituents is 1. The molecule has 0 fully saturated rings. The summed E-state index contributed by atoms with van der Waals surface area (Å²) in [5.41, 5.74) is 0.985. The Kier molecular flexibility index (Phi) is 5.66. The molecule has 0 aliphatic rings. The van der Waals surface area contributed by atoms with Crippen LogP contribution < -0.4 is 0 Å². The SMILES string of the molecule is CCN(CCC(C)C(F)(F)F)Cc1ccc(O)cc1. The predicted molar refractivity (Wildman–Crippen MR) is 68.9 cm³/mol. The summed E-state index contributed by atoms with van der Waals surface area (Å²) in [6, 6.07) is 6.74. The van der Waals surface area contributed by atoms with Gasteiger partial charge in [-0.15, -0.1) is 0 Å². The first kappa shape index (κ1) is 15.8. The number of alkyl halides is 3. The van der Waals surface area contributed by atoms with Crippen molar-refractivity contribution in [1.82, 2.24) is 4.90 Å². The average molecular weight is 275 g/mol. The van der Waals surface area contributed by atoms with Crippen molar-refractivity contribution in [2.24, 2.45) is 5.92 Å². The maximum atomic E-state index is 12.4. The molecule has 0 bridgehead atoms. The molecule has 0 aromatic heterocycles. The van der Waals surface area contributed by atoms with E-state index in [1.165, 1.54) is 6.92 Å². The lowest BCUT2D eigenvalue weighted by Gasteiger charge is -2.23. The van der Waals surface area contributed by atoms with Crippen LogP contribution in [0, 0.1) is 5.92 Å². The van der Waals surface area contributed by atoms with Gasteiger partial charge in [0.05, 0.1) is 5.92 Å². The van der Waals surface area contributed by atoms with E-state index < -0.39 is 12.1 Å². The summed E-state index contributed by atoms with van der Waals surface area (Å²) in [4.78, 5) is 1.97. The van der Waals surface area contributed by atoms with E-state index >= 15 is 0 Å². The standard InChI is InChI=1S/C14H20F3NO/c1-3-18(9-8-11(2)14(15,16)17)10-12-4-6-13(19)7-5-12/h4-7,11,19H,3,8-10H2,1-2H3. The van der Waals surface area contributed by atoms with Crippen LogP contribution in [0.4, 0.5) is 13.2 Å². The van der Waals surface area contributed by atoms with Gasteiger partial charge in [0.25, 0.3) is 0 Å². The van der Waals surface area contributed by atoms with E-state index in [0.717, 1.165) is 5.56 Å². The van der Waals surface area contributed by atoms with Crippen LogP contribution in [0.25, 0.3) is 0 Å². The van der Waals surface area contributed by atoms with Gasteiger partial charge in [0, 0.05) is 6.54 Å². The Balaban J connectivity index is 2.48. The fourth-order valence-corrected chi connectivity index (χ4v) is 1.75. The Labute approximate surface area is 111 Å². The highest BCUT2D eigenvalue weighted by Gasteiger charge is 2.35. The molecule has 0 heterocycles. The van der Waals surface area contributed by atoms with Gasteiger partial charge in [-0.2, -0.15) is 13.2 Å². The fourth-order valence-electron chi connectivity index (χ4n) is 1.75. The monoisotopic (exact) mass is 275 g/mol. The Hall–Kier alpha value is -1.23. The molecule has 0 aliphatic carbocycles. The van der Waals surface area contributed by atoms with Crippen molar-refractivity contribution in [2.45, 2.75) is 33.0 Å². The van der Waals surface area contributed by atoms with E-state index in [4.69, 9.17) is 0 Å². The highest BCUT2D eigenvalue weighted by Crippen LogP contribution is 2.28. The maximum absolute atomic E-state index is 12.4. The van der Waals surface area contributed by atoms with E-state index in [0.29, 0.717) is 19.6 Å². The number of hydrogen-bond acceptors (Lipinski definition) is 2. The summed E-state index contributed by atoms with van der Waals surface area (Å²) in [5.74, 6) is -1.08. The molecular weight excluding hydrogens is 255 g/mol. The summed E-state index contributed by atoms with van der Waals surface area (Å²) < 4.78 is 37.3. The van der Waals surface area contributed by atoms with Crippen LogP contribution in [0.3, 0.4) is 0 Å². The zero-order valence-electron chi connectivity index (χ0n) is 11.2. The van der Waals surface area contributed by atoms with Crippen molar-refractivity contribution >= 4 is 0 Å². The van der Waals surface area contributed by atoms with Gasteiger partial charge in [-0.05, 0) is 37.2 Å². The lowest BCUT2D eigenvalue weighted by Crippen LogP contribution is -2.29. The first-order chi connectivity index (χ1) is 8.82. The molecule has 0 radical (unpaired) electrons. The summed E-state index contributed by atoms with van der Waals surface area (Å²) in [6.45, 7) is 4.86. The average Bonchev–Trinajstić information content (AvgIpc) is 2.35. The number of hydrogen-bond donors (Lipinski definition) is 1. The number of aromatic hydroxyl groups is 1. The van der Waals surface area contributed by atoms with Gasteiger partial charge in [0.1, 0.15) is 5.75 Å². The minimum Gasteiger partial charge on any atom is -0.508 e. The van der Waals surface area contributed by atoms with Crippen LogP contribution in [0.5, 0.6) is 5.75 Å². The summed E-state index contributed by atoms with van der Waals surface area (Å²) >= 11 is 0. The van der Waals surface area contributed by atoms with Crippen molar-refractivity contribution < 1.29 is 18.3 Å². The Bertz CT molecular complexity index is 375. The van der Waals surface area contributed by atoms with E-state index in [-0.39, 0.29) is 12.2 Å². The number of nitrogens with zero attached hydrogens (tertiary/aromatic N) is 1. The minimum absolute atomic E-state index is 0.107. The zero-order valence-corrected chi connectivity index (χ0v) is 11.2. The normalized spacial score (nSPS) is 13.8. The van der Waals surface area contributed by atoms with Crippen molar-refractivity contribution in [1.29, 1.82) is 0 Å². The quantitative estimate of drug-likeness (QED) is 0.853. The fraction of sp³-hybridized carbons (Fsp3) is 0.571. The molecule has 1 rings (SSSR count). The smallest absolute Gasteiger partial charge is 0.391 e. The molecule has 0 saturated heterocycles. The lowest BCUT2D eigenvalue weighted by molar-refractivity contribution is -0.172. The molecule has 0 saturated carbocycles. The topological polar surface area (TPSA) is 23.5 Å². The van der Waals surface area contributed by atoms with Gasteiger partial charge in [0.2, 0.25) is 0 Å². The first-order valence-corrected chi connectivity index (χ1v) is 6.40. The van der Waals surface area contributed by atoms with Crippen LogP contribution in [0.2, 0.25) is 0 Å². The molecule has 1 N–H and O–H groups in total. The van der Waals surface area contributed by atoms with Gasteiger partial charge in [-0.25, -0.2) is 0 Å². The molecule has 0 aliphatic heterocycles. The van der Waals surface area contributed by atoms with Gasteiger partial charge < -0.3 is 5.11 Å². The van der Waals surface area contributed by atoms with Gasteiger partial charge >= 0.3 is 6.18 Å². The van der Waals surface area contributed by atoms with Crippen molar-refractivity contribution in [2.75, 3.05) is 13.1 Å². The van der Waals surface area contributed by atoms with Crippen molar-refractivity contribution in [3.8, 4) is 5.75 Å². The highest BCUT2D eigenvalue weighted by molar-refractivity contribution is 5.25. The number of benzene rings is 1. The molecule has 5 heteroatoms. The molecule has 108 valence electrons. The molecule has 1 aromatic rings. The Morgan fingerprint density at radius 3 is 2.26 bits per heavy atom. The van der Waals surface area contributed by atoms with Gasteiger partial charge in [-0.3, -0.25) is 4.90 Å². The number of phenols is 1. The van der Waals surface area contributed by atoms with E-state index in [1.807, 2.05) is 11.8 Å². The first-order valence-electron chi connectivity index (χ1n) is 6.40. The number of halogens is 3. The summed E-state index contributed by atoms with van der Waals surface area (Å²) in [7, 11) is 0. The molecule has 2 nitrogen and oxygen atoms in total. The molecule has 1 atom stereocenters. The Morgan fingerprint density at radius 2 is 1.79 bits per heavy atom. The zero-order chi connectivity index (χ0) is 14.5. The minimum atomic E-state index is -4.11. The summed E-state index contributed by atoms with van der Waals surface area (Å²) in [6.07, 6.45) is -4.01. The van der Waals surface area contributed by atoms with Crippen LogP contribution in [0.15, 0.2) is 24.3 Å². The van der Waals surface area contributed by atoms with Crippen molar-refractivity contribution in [3.63, 3.8) is 0 Å². The predicted octanol–water partition coefficient (Wildman–Crippen LogP) is 3.80. The third kappa shape index (κ3) is 5.51. The van der Waals surface area contributed by atoms with Crippen LogP contribution in [0.1, 0.15) is 25.8 Å². The molecule has 1 unspecified atom stereocenters. The molecule has 1 aromatic carbocycles. The molecule has 0 amide bonds. The van der Waals surface area contributed by atoms with Crippen LogP contribution in [-0.2, 0) is 6.54 Å². The van der Waals surface area contributed by atoms with Crippen LogP contribution >= 0.6 is 0 Å². The van der Waals surface area contributed by atoms with Crippen LogP contribution in [-0.4, -0.2) is 29.3 Å². The number of rotatable bonds is 6. The van der Waals surface area contributed by atoms with E-state index in [1.54, 1.807) is 24.3 Å². The molecule has 19 heavy (non-hydrogen) atoms. The third-order valence-electron chi connectivity index (χ3n) is 3.23. The summed E-state index contributed by atoms with van der Waals surface area (Å²) in [5, 5.41) is 9.18. The maximum Gasteiger partial charge on any atom is 0.391 e. The molecule has 0 spiro atoms. The highest BCUT2D eigenvalue weighted by atomic mass is 19.4. The van der Waals surface area contributed by atoms with Crippen molar-refractivity contribution in [3.05, 3.63) is 29.8 Å². The second-order valence-electron chi connectivity index (χ2n) is 4.77. The lowest BCUT2D eigenvalue weighted by atomic mass is 10.1. The second-order valence-corrected chi connectivity index (χ2v) is 4.77. The molecular formula is C14H20F3NO. The van der Waals surface area contributed by atoms with E-state index in [9.17, 15) is 18.3 Å². The second kappa shape index (κ2) is 6.80. The van der Waals surface area contributed by atoms with Gasteiger partial charge in [0.15, 0.2) is 0 Å².